The van der Waals surface area contributed by atoms with Gasteiger partial charge in [-0.15, -0.1) is 0 Å². The molecule has 1 heterocycles. The molecular formula is C17H17F3N4S. The molecule has 0 radical (unpaired) electrons. The van der Waals surface area contributed by atoms with Crippen molar-refractivity contribution in [3.8, 4) is 0 Å². The molecule has 4 rings (SSSR count). The molecule has 2 aromatic rings. The molecule has 1 aromatic heterocycles. The Hall–Kier alpha value is -1.96. The highest BCUT2D eigenvalue weighted by atomic mass is 32.2. The van der Waals surface area contributed by atoms with E-state index in [0.717, 1.165) is 31.4 Å². The molecule has 0 bridgehead atoms. The second-order valence-corrected chi connectivity index (χ2v) is 7.53. The first kappa shape index (κ1) is 16.5. The van der Waals surface area contributed by atoms with Crippen molar-refractivity contribution in [3.63, 3.8) is 0 Å². The average Bonchev–Trinajstić information content (AvgIpc) is 3.40. The van der Waals surface area contributed by atoms with Crippen LogP contribution >= 0.6 is 11.8 Å². The van der Waals surface area contributed by atoms with Crippen LogP contribution in [0, 0.1) is 0 Å². The number of alkyl halides is 3. The Bertz CT molecular complexity index is 773. The van der Waals surface area contributed by atoms with Crippen LogP contribution in [-0.2, 0) is 0 Å². The molecule has 2 saturated carbocycles. The van der Waals surface area contributed by atoms with Crippen LogP contribution in [0.2, 0.25) is 0 Å². The number of nitrogens with zero attached hydrogens (tertiary/aromatic N) is 2. The molecule has 0 amide bonds. The van der Waals surface area contributed by atoms with Crippen LogP contribution in [0.4, 0.5) is 30.6 Å². The van der Waals surface area contributed by atoms with Crippen molar-refractivity contribution in [1.82, 2.24) is 9.97 Å². The lowest BCUT2D eigenvalue weighted by molar-refractivity contribution is -0.0328. The smallest absolute Gasteiger partial charge is 0.351 e. The fraction of sp³-hybridized carbons (Fsp3) is 0.412. The van der Waals surface area contributed by atoms with Gasteiger partial charge in [-0.3, -0.25) is 0 Å². The van der Waals surface area contributed by atoms with Gasteiger partial charge in [-0.05, 0) is 55.6 Å². The van der Waals surface area contributed by atoms with E-state index < -0.39 is 5.51 Å². The van der Waals surface area contributed by atoms with Gasteiger partial charge in [0.05, 0.1) is 5.69 Å². The van der Waals surface area contributed by atoms with Crippen molar-refractivity contribution < 1.29 is 13.2 Å². The molecular weight excluding hydrogens is 349 g/mol. The van der Waals surface area contributed by atoms with E-state index in [2.05, 4.69) is 20.6 Å². The van der Waals surface area contributed by atoms with Gasteiger partial charge in [-0.1, -0.05) is 6.07 Å². The van der Waals surface area contributed by atoms with Crippen LogP contribution in [-0.4, -0.2) is 21.5 Å². The van der Waals surface area contributed by atoms with Crippen molar-refractivity contribution in [1.29, 1.82) is 0 Å². The van der Waals surface area contributed by atoms with Crippen LogP contribution in [0.25, 0.3) is 0 Å². The summed E-state index contributed by atoms with van der Waals surface area (Å²) in [6, 6.07) is 8.58. The zero-order chi connectivity index (χ0) is 17.4. The quantitative estimate of drug-likeness (QED) is 0.681. The minimum absolute atomic E-state index is 0.122. The molecule has 1 aromatic carbocycles. The van der Waals surface area contributed by atoms with E-state index in [4.69, 9.17) is 0 Å². The summed E-state index contributed by atoms with van der Waals surface area (Å²) in [6.07, 6.45) is 4.49. The van der Waals surface area contributed by atoms with Gasteiger partial charge in [0, 0.05) is 28.6 Å². The third-order valence-corrected chi connectivity index (χ3v) is 4.71. The van der Waals surface area contributed by atoms with Crippen LogP contribution < -0.4 is 10.6 Å². The fourth-order valence-corrected chi connectivity index (χ4v) is 3.11. The molecule has 0 atom stereocenters. The Morgan fingerprint density at radius 1 is 1.04 bits per heavy atom. The average molecular weight is 366 g/mol. The summed E-state index contributed by atoms with van der Waals surface area (Å²) in [6.45, 7) is 0. The Balaban J connectivity index is 1.55. The summed E-state index contributed by atoms with van der Waals surface area (Å²) in [4.78, 5) is 9.17. The van der Waals surface area contributed by atoms with E-state index >= 15 is 0 Å². The van der Waals surface area contributed by atoms with Crippen LogP contribution in [0.1, 0.15) is 37.3 Å². The van der Waals surface area contributed by atoms with E-state index in [9.17, 15) is 13.2 Å². The first-order valence-electron chi connectivity index (χ1n) is 8.23. The largest absolute Gasteiger partial charge is 0.446 e. The van der Waals surface area contributed by atoms with Crippen molar-refractivity contribution in [2.45, 2.75) is 48.0 Å². The van der Waals surface area contributed by atoms with Crippen LogP contribution in [0.15, 0.2) is 35.2 Å². The first-order chi connectivity index (χ1) is 11.9. The number of aromatic nitrogens is 2. The minimum Gasteiger partial charge on any atom is -0.351 e. The van der Waals surface area contributed by atoms with Crippen molar-refractivity contribution in [3.05, 3.63) is 36.0 Å². The first-order valence-corrected chi connectivity index (χ1v) is 9.05. The van der Waals surface area contributed by atoms with Gasteiger partial charge in [-0.25, -0.2) is 4.98 Å². The lowest BCUT2D eigenvalue weighted by Crippen LogP contribution is -2.08. The maximum absolute atomic E-state index is 12.5. The van der Waals surface area contributed by atoms with Gasteiger partial charge >= 0.3 is 5.51 Å². The van der Waals surface area contributed by atoms with Gasteiger partial charge in [0.2, 0.25) is 5.95 Å². The molecule has 25 heavy (non-hydrogen) atoms. The topological polar surface area (TPSA) is 49.8 Å². The lowest BCUT2D eigenvalue weighted by Gasteiger charge is -2.12. The second kappa shape index (κ2) is 6.40. The van der Waals surface area contributed by atoms with Gasteiger partial charge in [-0.2, -0.15) is 18.2 Å². The Kier molecular flexibility index (Phi) is 4.23. The van der Waals surface area contributed by atoms with E-state index in [1.54, 1.807) is 12.1 Å². The number of hydrogen-bond acceptors (Lipinski definition) is 5. The van der Waals surface area contributed by atoms with Crippen LogP contribution in [0.3, 0.4) is 0 Å². The van der Waals surface area contributed by atoms with Gasteiger partial charge in [0.15, 0.2) is 0 Å². The maximum atomic E-state index is 12.5. The van der Waals surface area contributed by atoms with E-state index in [0.29, 0.717) is 29.4 Å². The number of anilines is 3. The summed E-state index contributed by atoms with van der Waals surface area (Å²) in [5.41, 5.74) is -2.73. The molecule has 2 N–H and O–H groups in total. The Labute approximate surface area is 147 Å². The number of nitrogens with one attached hydrogen (secondary N) is 2. The number of rotatable bonds is 6. The molecule has 4 nitrogen and oxygen atoms in total. The molecule has 0 spiro atoms. The van der Waals surface area contributed by atoms with Crippen LogP contribution in [0.5, 0.6) is 0 Å². The summed E-state index contributed by atoms with van der Waals surface area (Å²) in [7, 11) is 0. The predicted octanol–water partition coefficient (Wildman–Crippen LogP) is 5.28. The molecule has 8 heteroatoms. The fourth-order valence-electron chi connectivity index (χ4n) is 2.51. The standard InChI is InChI=1S/C17H17F3N4S/c18-17(19,20)25-13-3-1-2-12(8-13)21-15-9-14(10-4-5-10)23-16(24-15)22-11-6-7-11/h1-3,8-11H,4-7H2,(H2,21,22,23,24). The molecule has 132 valence electrons. The number of hydrogen-bond donors (Lipinski definition) is 2. The monoisotopic (exact) mass is 366 g/mol. The Morgan fingerprint density at radius 3 is 2.52 bits per heavy atom. The molecule has 2 aliphatic rings. The van der Waals surface area contributed by atoms with Crippen molar-refractivity contribution in [2.75, 3.05) is 10.6 Å². The Morgan fingerprint density at radius 2 is 1.84 bits per heavy atom. The number of benzene rings is 1. The molecule has 2 aliphatic carbocycles. The second-order valence-electron chi connectivity index (χ2n) is 6.40. The summed E-state index contributed by atoms with van der Waals surface area (Å²) < 4.78 is 37.6. The number of thioether (sulfide) groups is 1. The zero-order valence-electron chi connectivity index (χ0n) is 13.3. The van der Waals surface area contributed by atoms with E-state index in [1.807, 2.05) is 6.07 Å². The number of halogens is 3. The molecule has 0 aliphatic heterocycles. The van der Waals surface area contributed by atoms with Crippen molar-refractivity contribution in [2.24, 2.45) is 0 Å². The third-order valence-electron chi connectivity index (χ3n) is 3.99. The highest BCUT2D eigenvalue weighted by Crippen LogP contribution is 2.41. The minimum atomic E-state index is -4.30. The van der Waals surface area contributed by atoms with Gasteiger partial charge in [0.25, 0.3) is 0 Å². The highest BCUT2D eigenvalue weighted by molar-refractivity contribution is 8.00. The summed E-state index contributed by atoms with van der Waals surface area (Å²) in [5.74, 6) is 1.67. The summed E-state index contributed by atoms with van der Waals surface area (Å²) >= 11 is -0.122. The highest BCUT2D eigenvalue weighted by Gasteiger charge is 2.29. The maximum Gasteiger partial charge on any atom is 0.446 e. The van der Waals surface area contributed by atoms with E-state index in [1.165, 1.54) is 12.1 Å². The van der Waals surface area contributed by atoms with Gasteiger partial charge in [0.1, 0.15) is 5.82 Å². The molecule has 0 unspecified atom stereocenters. The molecule has 0 saturated heterocycles. The zero-order valence-corrected chi connectivity index (χ0v) is 14.1. The molecule has 2 fully saturated rings. The van der Waals surface area contributed by atoms with Gasteiger partial charge < -0.3 is 10.6 Å². The third kappa shape index (κ3) is 4.78. The van der Waals surface area contributed by atoms with Crippen molar-refractivity contribution >= 4 is 29.2 Å². The normalized spacial score (nSPS) is 17.4. The van der Waals surface area contributed by atoms with E-state index in [-0.39, 0.29) is 16.7 Å². The lowest BCUT2D eigenvalue weighted by atomic mass is 10.2. The summed E-state index contributed by atoms with van der Waals surface area (Å²) in [5, 5.41) is 6.41. The predicted molar refractivity (Wildman–Crippen MR) is 92.3 cm³/mol. The SMILES string of the molecule is FC(F)(F)Sc1cccc(Nc2cc(C3CC3)nc(NC3CC3)n2)c1.